The van der Waals surface area contributed by atoms with E-state index in [1.807, 2.05) is 0 Å². The Hall–Kier alpha value is -2.30. The van der Waals surface area contributed by atoms with Crippen molar-refractivity contribution in [3.8, 4) is 0 Å². The summed E-state index contributed by atoms with van der Waals surface area (Å²) in [5.74, 6) is -0.651. The van der Waals surface area contributed by atoms with E-state index in [-0.39, 0.29) is 16.8 Å². The molecule has 0 aliphatic carbocycles. The number of amides is 1. The Morgan fingerprint density at radius 2 is 1.96 bits per heavy atom. The van der Waals surface area contributed by atoms with Crippen LogP contribution in [0.25, 0.3) is 0 Å². The van der Waals surface area contributed by atoms with Gasteiger partial charge in [0.15, 0.2) is 10.2 Å². The van der Waals surface area contributed by atoms with Gasteiger partial charge in [0.05, 0.1) is 18.9 Å². The fraction of sp³-hybridized carbons (Fsp3) is 0.312. The Morgan fingerprint density at radius 1 is 1.27 bits per heavy atom. The van der Waals surface area contributed by atoms with Gasteiger partial charge in [-0.15, -0.1) is 0 Å². The Balaban J connectivity index is 1.55. The van der Waals surface area contributed by atoms with Crippen LogP contribution < -0.4 is 21.1 Å². The van der Waals surface area contributed by atoms with E-state index in [1.165, 1.54) is 23.5 Å². The van der Waals surface area contributed by atoms with Crippen molar-refractivity contribution in [3.05, 3.63) is 40.7 Å². The van der Waals surface area contributed by atoms with Crippen molar-refractivity contribution in [1.82, 2.24) is 15.8 Å². The summed E-state index contributed by atoms with van der Waals surface area (Å²) in [6.07, 6.45) is 0. The highest BCUT2D eigenvalue weighted by Gasteiger charge is 2.20. The topological polar surface area (TPSA) is 78.5 Å². The molecule has 138 valence electrons. The first-order chi connectivity index (χ1) is 12.5. The smallest absolute Gasteiger partial charge is 0.281 e. The summed E-state index contributed by atoms with van der Waals surface area (Å²) in [7, 11) is 0. The van der Waals surface area contributed by atoms with Crippen molar-refractivity contribution in [1.29, 1.82) is 0 Å². The van der Waals surface area contributed by atoms with E-state index >= 15 is 0 Å². The number of aryl methyl sites for hydroxylation is 1. The first-order valence-corrected chi connectivity index (χ1v) is 9.18. The van der Waals surface area contributed by atoms with Crippen molar-refractivity contribution in [3.63, 3.8) is 0 Å². The molecule has 0 unspecified atom stereocenters. The lowest BCUT2D eigenvalue weighted by Crippen LogP contribution is -2.43. The van der Waals surface area contributed by atoms with Crippen LogP contribution in [0.4, 0.5) is 15.2 Å². The van der Waals surface area contributed by atoms with Gasteiger partial charge in [0.1, 0.15) is 10.7 Å². The Kier molecular flexibility index (Phi) is 5.96. The van der Waals surface area contributed by atoms with E-state index in [2.05, 4.69) is 26.1 Å². The summed E-state index contributed by atoms with van der Waals surface area (Å²) in [6, 6.07) is 5.73. The summed E-state index contributed by atoms with van der Waals surface area (Å²) in [4.78, 5) is 19.5. The van der Waals surface area contributed by atoms with Gasteiger partial charge in [0, 0.05) is 18.8 Å². The van der Waals surface area contributed by atoms with Gasteiger partial charge in [0.25, 0.3) is 5.91 Å². The molecule has 3 N–H and O–H groups in total. The Morgan fingerprint density at radius 3 is 2.65 bits per heavy atom. The second-order valence-electron chi connectivity index (χ2n) is 5.55. The van der Waals surface area contributed by atoms with E-state index in [1.54, 1.807) is 19.1 Å². The quantitative estimate of drug-likeness (QED) is 0.542. The number of carbonyl (C=O) groups is 1. The first-order valence-electron chi connectivity index (χ1n) is 7.96. The highest BCUT2D eigenvalue weighted by atomic mass is 32.1. The molecule has 2 aromatic rings. The van der Waals surface area contributed by atoms with Crippen molar-refractivity contribution in [2.75, 3.05) is 36.5 Å². The molecule has 0 saturated carbocycles. The zero-order valence-electron chi connectivity index (χ0n) is 14.0. The normalized spacial score (nSPS) is 14.0. The summed E-state index contributed by atoms with van der Waals surface area (Å²) < 4.78 is 18.2. The summed E-state index contributed by atoms with van der Waals surface area (Å²) in [6.45, 7) is 4.64. The number of nitrogens with one attached hydrogen (secondary N) is 3. The molecule has 0 atom stereocenters. The number of rotatable bonds is 3. The lowest BCUT2D eigenvalue weighted by Gasteiger charge is -2.25. The molecule has 1 aromatic carbocycles. The number of ether oxygens (including phenoxy) is 1. The molecule has 1 aliphatic heterocycles. The van der Waals surface area contributed by atoms with E-state index in [0.29, 0.717) is 29.5 Å². The third-order valence-corrected chi connectivity index (χ3v) is 5.09. The van der Waals surface area contributed by atoms with Gasteiger partial charge in [-0.1, -0.05) is 11.3 Å². The average Bonchev–Trinajstić information content (AvgIpc) is 3.04. The molecule has 26 heavy (non-hydrogen) atoms. The van der Waals surface area contributed by atoms with Crippen LogP contribution in [-0.2, 0) is 4.74 Å². The van der Waals surface area contributed by atoms with Crippen LogP contribution in [0.1, 0.15) is 15.4 Å². The number of nitrogens with zero attached hydrogens (tertiary/aromatic N) is 2. The minimum Gasteiger partial charge on any atom is -0.378 e. The van der Waals surface area contributed by atoms with Gasteiger partial charge in [-0.05, 0) is 43.4 Å². The number of hydrazine groups is 1. The molecular formula is C16H18FN5O2S2. The SMILES string of the molecule is Cc1nc(N2CCOCC2)sc1C(=O)NNC(=S)Nc1ccc(F)cc1. The largest absolute Gasteiger partial charge is 0.378 e. The number of hydrogen-bond acceptors (Lipinski definition) is 6. The Bertz CT molecular complexity index is 790. The van der Waals surface area contributed by atoms with Crippen LogP contribution in [0.15, 0.2) is 24.3 Å². The van der Waals surface area contributed by atoms with Gasteiger partial charge in [-0.2, -0.15) is 0 Å². The van der Waals surface area contributed by atoms with Crippen LogP contribution in [0, 0.1) is 12.7 Å². The Labute approximate surface area is 159 Å². The standard InChI is InChI=1S/C16H18FN5O2S2/c1-10-13(26-16(18-10)22-6-8-24-9-7-22)14(23)20-21-15(25)19-12-4-2-11(17)3-5-12/h2-5H,6-9H2,1H3,(H,20,23)(H2,19,21,25). The number of morpholine rings is 1. The minimum atomic E-state index is -0.334. The molecule has 2 heterocycles. The number of halogens is 1. The van der Waals surface area contributed by atoms with Crippen LogP contribution in [0.5, 0.6) is 0 Å². The third kappa shape index (κ3) is 4.65. The number of anilines is 2. The molecule has 1 aromatic heterocycles. The minimum absolute atomic E-state index is 0.195. The van der Waals surface area contributed by atoms with E-state index in [4.69, 9.17) is 17.0 Å². The zero-order chi connectivity index (χ0) is 18.5. The van der Waals surface area contributed by atoms with Crippen molar-refractivity contribution in [2.45, 2.75) is 6.92 Å². The second-order valence-corrected chi connectivity index (χ2v) is 6.94. The van der Waals surface area contributed by atoms with Gasteiger partial charge in [-0.3, -0.25) is 15.6 Å². The fourth-order valence-corrected chi connectivity index (χ4v) is 3.53. The average molecular weight is 395 g/mol. The van der Waals surface area contributed by atoms with Crippen LogP contribution >= 0.6 is 23.6 Å². The van der Waals surface area contributed by atoms with E-state index in [9.17, 15) is 9.18 Å². The molecule has 7 nitrogen and oxygen atoms in total. The highest BCUT2D eigenvalue weighted by Crippen LogP contribution is 2.26. The van der Waals surface area contributed by atoms with E-state index < -0.39 is 0 Å². The van der Waals surface area contributed by atoms with Gasteiger partial charge in [-0.25, -0.2) is 9.37 Å². The molecular weight excluding hydrogens is 377 g/mol. The molecule has 1 amide bonds. The fourth-order valence-electron chi connectivity index (χ4n) is 2.35. The lowest BCUT2D eigenvalue weighted by molar-refractivity contribution is 0.0947. The predicted octanol–water partition coefficient (Wildman–Crippen LogP) is 2.06. The van der Waals surface area contributed by atoms with Crippen molar-refractivity contribution >= 4 is 45.4 Å². The maximum absolute atomic E-state index is 12.9. The maximum atomic E-state index is 12.9. The molecule has 0 spiro atoms. The number of aromatic nitrogens is 1. The lowest BCUT2D eigenvalue weighted by atomic mass is 10.3. The molecule has 0 radical (unpaired) electrons. The predicted molar refractivity (Wildman–Crippen MR) is 103 cm³/mol. The van der Waals surface area contributed by atoms with Gasteiger partial charge < -0.3 is 15.0 Å². The molecule has 1 aliphatic rings. The number of hydrogen-bond donors (Lipinski definition) is 3. The molecule has 3 rings (SSSR count). The number of thiazole rings is 1. The third-order valence-electron chi connectivity index (χ3n) is 3.66. The van der Waals surface area contributed by atoms with Gasteiger partial charge >= 0.3 is 0 Å². The van der Waals surface area contributed by atoms with Crippen LogP contribution in [0.3, 0.4) is 0 Å². The molecule has 1 saturated heterocycles. The van der Waals surface area contributed by atoms with Crippen LogP contribution in [-0.4, -0.2) is 42.3 Å². The number of benzene rings is 1. The molecule has 1 fully saturated rings. The first kappa shape index (κ1) is 18.5. The van der Waals surface area contributed by atoms with Crippen molar-refractivity contribution in [2.24, 2.45) is 0 Å². The van der Waals surface area contributed by atoms with Gasteiger partial charge in [0.2, 0.25) is 0 Å². The summed E-state index contributed by atoms with van der Waals surface area (Å²) in [5.41, 5.74) is 6.45. The number of thiocarbonyl (C=S) groups is 1. The monoisotopic (exact) mass is 395 g/mol. The van der Waals surface area contributed by atoms with E-state index in [0.717, 1.165) is 18.2 Å². The summed E-state index contributed by atoms with van der Waals surface area (Å²) >= 11 is 6.45. The maximum Gasteiger partial charge on any atom is 0.281 e. The highest BCUT2D eigenvalue weighted by molar-refractivity contribution is 7.80. The number of carbonyl (C=O) groups excluding carboxylic acids is 1. The molecule has 10 heteroatoms. The summed E-state index contributed by atoms with van der Waals surface area (Å²) in [5, 5.41) is 3.86. The van der Waals surface area contributed by atoms with Crippen LogP contribution in [0.2, 0.25) is 0 Å². The van der Waals surface area contributed by atoms with Crippen molar-refractivity contribution < 1.29 is 13.9 Å². The zero-order valence-corrected chi connectivity index (χ0v) is 15.7. The second kappa shape index (κ2) is 8.39. The molecule has 0 bridgehead atoms.